The number of carbonyl (C=O) groups excluding carboxylic acids is 1. The molecule has 2 rings (SSSR count). The summed E-state index contributed by atoms with van der Waals surface area (Å²) in [6.45, 7) is 3.21. The summed E-state index contributed by atoms with van der Waals surface area (Å²) in [4.78, 5) is 12.0. The average Bonchev–Trinajstić information content (AvgIpc) is 2.94. The van der Waals surface area contributed by atoms with Gasteiger partial charge in [-0.25, -0.2) is 9.18 Å². The molecular weight excluding hydrogens is 323 g/mol. The number of nitrogens with one attached hydrogen (secondary N) is 2. The summed E-state index contributed by atoms with van der Waals surface area (Å²) in [6, 6.07) is 6.10. The van der Waals surface area contributed by atoms with Crippen LogP contribution in [0.2, 0.25) is 5.02 Å². The number of carbonyl (C=O) groups is 1. The maximum absolute atomic E-state index is 13.5. The Morgan fingerprint density at radius 2 is 2.09 bits per heavy atom. The summed E-state index contributed by atoms with van der Waals surface area (Å²) in [6.07, 6.45) is 0. The Morgan fingerprint density at radius 1 is 1.35 bits per heavy atom. The molecule has 1 aromatic carbocycles. The van der Waals surface area contributed by atoms with E-state index in [0.717, 1.165) is 5.76 Å². The predicted octanol–water partition coefficient (Wildman–Crippen LogP) is 3.47. The van der Waals surface area contributed by atoms with Crippen molar-refractivity contribution in [2.24, 2.45) is 0 Å². The minimum absolute atomic E-state index is 0.0169. The first-order chi connectivity index (χ1) is 10.9. The average molecular weight is 341 g/mol. The van der Waals surface area contributed by atoms with E-state index in [1.54, 1.807) is 25.1 Å². The van der Waals surface area contributed by atoms with Gasteiger partial charge in [-0.2, -0.15) is 0 Å². The van der Waals surface area contributed by atoms with Crippen molar-refractivity contribution >= 4 is 17.6 Å². The molecule has 0 fully saturated rings. The highest BCUT2D eigenvalue weighted by Gasteiger charge is 2.18. The molecule has 0 radical (unpaired) electrons. The van der Waals surface area contributed by atoms with Gasteiger partial charge in [-0.15, -0.1) is 0 Å². The molecule has 0 spiro atoms. The van der Waals surface area contributed by atoms with Gasteiger partial charge in [0.05, 0.1) is 23.7 Å². The van der Waals surface area contributed by atoms with Crippen LogP contribution in [-0.2, 0) is 0 Å². The number of aliphatic hydroxyl groups excluding tert-OH is 1. The predicted molar refractivity (Wildman–Crippen MR) is 84.8 cm³/mol. The zero-order chi connectivity index (χ0) is 17.0. The number of benzene rings is 1. The van der Waals surface area contributed by atoms with Crippen LogP contribution in [0.4, 0.5) is 9.18 Å². The molecule has 0 saturated heterocycles. The molecule has 0 aliphatic heterocycles. The third-order valence-corrected chi connectivity index (χ3v) is 3.68. The van der Waals surface area contributed by atoms with E-state index in [4.69, 9.17) is 16.0 Å². The standard InChI is InChI=1S/C16H18ClFN2O3/c1-9-3-6-15(23-9)10(2)19-16(22)20-14(8-21)11-4-5-12(17)13(18)7-11/h3-7,10,14,21H,8H2,1-2H3,(H2,19,20,22). The van der Waals surface area contributed by atoms with E-state index in [1.165, 1.54) is 12.1 Å². The van der Waals surface area contributed by atoms with Gasteiger partial charge in [-0.05, 0) is 43.7 Å². The van der Waals surface area contributed by atoms with Gasteiger partial charge < -0.3 is 20.2 Å². The van der Waals surface area contributed by atoms with Gasteiger partial charge >= 0.3 is 6.03 Å². The monoisotopic (exact) mass is 340 g/mol. The molecule has 1 heterocycles. The van der Waals surface area contributed by atoms with Gasteiger partial charge in [-0.1, -0.05) is 17.7 Å². The van der Waals surface area contributed by atoms with Crippen LogP contribution in [0.25, 0.3) is 0 Å². The maximum atomic E-state index is 13.5. The van der Waals surface area contributed by atoms with E-state index in [-0.39, 0.29) is 17.7 Å². The number of amides is 2. The van der Waals surface area contributed by atoms with Gasteiger partial charge in [0.2, 0.25) is 0 Å². The molecule has 0 aliphatic carbocycles. The molecule has 2 aromatic rings. The Morgan fingerprint density at radius 3 is 2.65 bits per heavy atom. The van der Waals surface area contributed by atoms with E-state index in [2.05, 4.69) is 10.6 Å². The second kappa shape index (κ2) is 7.48. The number of aliphatic hydroxyl groups is 1. The number of rotatable bonds is 5. The first-order valence-electron chi connectivity index (χ1n) is 7.10. The molecule has 1 aromatic heterocycles. The van der Waals surface area contributed by atoms with Crippen LogP contribution in [0.3, 0.4) is 0 Å². The fourth-order valence-electron chi connectivity index (χ4n) is 2.12. The molecule has 23 heavy (non-hydrogen) atoms. The van der Waals surface area contributed by atoms with E-state index < -0.39 is 17.9 Å². The lowest BCUT2D eigenvalue weighted by atomic mass is 10.1. The smallest absolute Gasteiger partial charge is 0.315 e. The number of hydrogen-bond acceptors (Lipinski definition) is 3. The summed E-state index contributed by atoms with van der Waals surface area (Å²) >= 11 is 5.63. The number of halogens is 2. The molecule has 2 amide bonds. The largest absolute Gasteiger partial charge is 0.464 e. The van der Waals surface area contributed by atoms with Crippen LogP contribution < -0.4 is 10.6 Å². The molecule has 2 unspecified atom stereocenters. The van der Waals surface area contributed by atoms with Crippen molar-refractivity contribution in [2.45, 2.75) is 25.9 Å². The van der Waals surface area contributed by atoms with Gasteiger partial charge in [0.15, 0.2) is 0 Å². The van der Waals surface area contributed by atoms with Crippen molar-refractivity contribution in [3.63, 3.8) is 0 Å². The minimum atomic E-state index is -0.743. The number of aryl methyl sites for hydroxylation is 1. The Kier molecular flexibility index (Phi) is 5.63. The molecule has 0 aliphatic rings. The molecule has 0 bridgehead atoms. The summed E-state index contributed by atoms with van der Waals surface area (Å²) < 4.78 is 18.9. The van der Waals surface area contributed by atoms with E-state index >= 15 is 0 Å². The summed E-state index contributed by atoms with van der Waals surface area (Å²) in [5, 5.41) is 14.7. The van der Waals surface area contributed by atoms with Gasteiger partial charge in [0, 0.05) is 0 Å². The topological polar surface area (TPSA) is 74.5 Å². The highest BCUT2D eigenvalue weighted by atomic mass is 35.5. The van der Waals surface area contributed by atoms with Crippen LogP contribution in [0, 0.1) is 12.7 Å². The number of hydrogen-bond donors (Lipinski definition) is 3. The minimum Gasteiger partial charge on any atom is -0.464 e. The van der Waals surface area contributed by atoms with Crippen LogP contribution in [0.15, 0.2) is 34.7 Å². The zero-order valence-corrected chi connectivity index (χ0v) is 13.5. The highest BCUT2D eigenvalue weighted by Crippen LogP contribution is 2.20. The van der Waals surface area contributed by atoms with E-state index in [9.17, 15) is 14.3 Å². The molecule has 7 heteroatoms. The maximum Gasteiger partial charge on any atom is 0.315 e. The van der Waals surface area contributed by atoms with Crippen molar-refractivity contribution in [1.82, 2.24) is 10.6 Å². The second-order valence-electron chi connectivity index (χ2n) is 5.20. The fourth-order valence-corrected chi connectivity index (χ4v) is 2.23. The van der Waals surface area contributed by atoms with Crippen molar-refractivity contribution in [3.05, 3.63) is 58.3 Å². The van der Waals surface area contributed by atoms with Crippen molar-refractivity contribution < 1.29 is 18.7 Å². The van der Waals surface area contributed by atoms with Crippen LogP contribution in [-0.4, -0.2) is 17.7 Å². The Balaban J connectivity index is 2.00. The van der Waals surface area contributed by atoms with Gasteiger partial charge in [0.1, 0.15) is 17.3 Å². The molecule has 2 atom stereocenters. The number of furan rings is 1. The lowest BCUT2D eigenvalue weighted by Gasteiger charge is -2.19. The molecule has 124 valence electrons. The lowest BCUT2D eigenvalue weighted by molar-refractivity contribution is 0.213. The lowest BCUT2D eigenvalue weighted by Crippen LogP contribution is -2.40. The van der Waals surface area contributed by atoms with E-state index in [0.29, 0.717) is 11.3 Å². The van der Waals surface area contributed by atoms with Gasteiger partial charge in [0.25, 0.3) is 0 Å². The molecule has 5 nitrogen and oxygen atoms in total. The van der Waals surface area contributed by atoms with Gasteiger partial charge in [-0.3, -0.25) is 0 Å². The quantitative estimate of drug-likeness (QED) is 0.780. The highest BCUT2D eigenvalue weighted by molar-refractivity contribution is 6.30. The van der Waals surface area contributed by atoms with Crippen LogP contribution >= 0.6 is 11.6 Å². The summed E-state index contributed by atoms with van der Waals surface area (Å²) in [5.74, 6) is 0.763. The molecule has 3 N–H and O–H groups in total. The van der Waals surface area contributed by atoms with E-state index in [1.807, 2.05) is 6.92 Å². The van der Waals surface area contributed by atoms with Crippen molar-refractivity contribution in [1.29, 1.82) is 0 Å². The van der Waals surface area contributed by atoms with Crippen molar-refractivity contribution in [3.8, 4) is 0 Å². The molecular formula is C16H18ClFN2O3. The third-order valence-electron chi connectivity index (χ3n) is 3.37. The summed E-state index contributed by atoms with van der Waals surface area (Å²) in [7, 11) is 0. The van der Waals surface area contributed by atoms with Crippen LogP contribution in [0.1, 0.15) is 36.1 Å². The Labute approximate surface area is 138 Å². The second-order valence-corrected chi connectivity index (χ2v) is 5.60. The SMILES string of the molecule is Cc1ccc(C(C)NC(=O)NC(CO)c2ccc(Cl)c(F)c2)o1. The summed E-state index contributed by atoms with van der Waals surface area (Å²) in [5.41, 5.74) is 0.422. The van der Waals surface area contributed by atoms with Crippen LogP contribution in [0.5, 0.6) is 0 Å². The normalized spacial score (nSPS) is 13.4. The first kappa shape index (κ1) is 17.3. The van der Waals surface area contributed by atoms with Crippen molar-refractivity contribution in [2.75, 3.05) is 6.61 Å². The first-order valence-corrected chi connectivity index (χ1v) is 7.47. The fraction of sp³-hybridized carbons (Fsp3) is 0.312. The zero-order valence-electron chi connectivity index (χ0n) is 12.8. The molecule has 0 saturated carbocycles. The number of urea groups is 1. The third kappa shape index (κ3) is 4.46. The Hall–Kier alpha value is -2.05. The Bertz CT molecular complexity index is 690.